The van der Waals surface area contributed by atoms with E-state index in [0.717, 1.165) is 71.1 Å². The number of sulfonamides is 1. The van der Waals surface area contributed by atoms with Crippen molar-refractivity contribution in [3.05, 3.63) is 67.6 Å². The lowest BCUT2D eigenvalue weighted by Crippen LogP contribution is -2.45. The summed E-state index contributed by atoms with van der Waals surface area (Å²) in [7, 11) is -1.55. The maximum atomic E-state index is 11.7. The van der Waals surface area contributed by atoms with E-state index in [4.69, 9.17) is 4.33 Å². The van der Waals surface area contributed by atoms with Crippen LogP contribution >= 0.6 is 44.1 Å². The summed E-state index contributed by atoms with van der Waals surface area (Å²) in [6, 6.07) is 14.7. The Morgan fingerprint density at radius 2 is 1.49 bits per heavy atom. The molecule has 9 nitrogen and oxygen atoms in total. The number of piperidine rings is 2. The second-order valence-electron chi connectivity index (χ2n) is 14.9. The molecule has 298 valence electrons. The Labute approximate surface area is 341 Å². The second-order valence-corrected chi connectivity index (χ2v) is 19.5. The lowest BCUT2D eigenvalue weighted by Gasteiger charge is -2.39. The average molecular weight is 903 g/mol. The van der Waals surface area contributed by atoms with E-state index < -0.39 is 10.0 Å². The molecule has 0 radical (unpaired) electrons. The first kappa shape index (κ1) is 44.8. The van der Waals surface area contributed by atoms with Crippen LogP contribution in [0.3, 0.4) is 0 Å². The van der Waals surface area contributed by atoms with Crippen LogP contribution in [0.4, 0.5) is 0 Å². The Bertz CT molecular complexity index is 1500. The molecule has 13 heteroatoms. The highest BCUT2D eigenvalue weighted by molar-refractivity contribution is 9.10. The van der Waals surface area contributed by atoms with E-state index in [9.17, 15) is 13.2 Å². The van der Waals surface area contributed by atoms with Crippen molar-refractivity contribution in [1.29, 1.82) is 0 Å². The van der Waals surface area contributed by atoms with Crippen molar-refractivity contribution in [2.24, 2.45) is 11.8 Å². The van der Waals surface area contributed by atoms with Gasteiger partial charge in [0.15, 0.2) is 0 Å². The minimum Gasteiger partial charge on any atom is -0.314 e. The van der Waals surface area contributed by atoms with E-state index in [-0.39, 0.29) is 5.92 Å². The molecular formula is C40H62Br2N4O5S2. The maximum absolute atomic E-state index is 11.7. The number of carbonyl (C=O) groups is 1. The molecule has 2 aromatic rings. The van der Waals surface area contributed by atoms with Gasteiger partial charge in [-0.05, 0) is 143 Å². The van der Waals surface area contributed by atoms with E-state index in [0.29, 0.717) is 31.1 Å². The van der Waals surface area contributed by atoms with Crippen LogP contribution in [-0.2, 0) is 49.7 Å². The van der Waals surface area contributed by atoms with Crippen LogP contribution in [0, 0.1) is 11.8 Å². The van der Waals surface area contributed by atoms with Gasteiger partial charge >= 0.3 is 0 Å². The minimum atomic E-state index is -3.03. The molecule has 0 bridgehead atoms. The smallest absolute Gasteiger partial charge is 0.211 e. The number of aryl methyl sites for hydroxylation is 2. The summed E-state index contributed by atoms with van der Waals surface area (Å²) in [5.41, 5.74) is 6.04. The highest BCUT2D eigenvalue weighted by Gasteiger charge is 2.30. The van der Waals surface area contributed by atoms with Crippen LogP contribution in [0.25, 0.3) is 0 Å². The highest BCUT2D eigenvalue weighted by atomic mass is 79.9. The topological polar surface area (TPSA) is 91.4 Å². The molecule has 53 heavy (non-hydrogen) atoms. The Balaban J connectivity index is 0.000000196. The fourth-order valence-electron chi connectivity index (χ4n) is 7.89. The number of carbonyl (C=O) groups excluding carboxylic acids is 1. The molecule has 0 saturated carbocycles. The van der Waals surface area contributed by atoms with Crippen LogP contribution in [0.5, 0.6) is 0 Å². The molecule has 2 aromatic carbocycles. The van der Waals surface area contributed by atoms with Crippen LogP contribution in [0.1, 0.15) is 87.5 Å². The van der Waals surface area contributed by atoms with E-state index in [1.807, 2.05) is 4.31 Å². The summed E-state index contributed by atoms with van der Waals surface area (Å²) in [5, 5.41) is 3.62. The molecule has 2 saturated heterocycles. The predicted molar refractivity (Wildman–Crippen MR) is 225 cm³/mol. The van der Waals surface area contributed by atoms with Crippen molar-refractivity contribution in [3.63, 3.8) is 0 Å². The summed E-state index contributed by atoms with van der Waals surface area (Å²) < 4.78 is 34.2. The van der Waals surface area contributed by atoms with Gasteiger partial charge in [0.2, 0.25) is 10.0 Å². The number of nitrogens with zero attached hydrogens (tertiary/aromatic N) is 3. The van der Waals surface area contributed by atoms with E-state index in [2.05, 4.69) is 97.2 Å². The first-order valence-corrected chi connectivity index (χ1v) is 23.7. The maximum Gasteiger partial charge on any atom is 0.211 e. The van der Waals surface area contributed by atoms with Crippen molar-refractivity contribution in [2.45, 2.75) is 103 Å². The molecule has 0 aromatic heterocycles. The zero-order chi connectivity index (χ0) is 38.2. The van der Waals surface area contributed by atoms with Gasteiger partial charge in [0.05, 0.1) is 13.4 Å². The number of nitrogens with one attached hydrogen (secondary N) is 1. The fraction of sp³-hybridized carbons (Fsp3) is 0.675. The average Bonchev–Trinajstić information content (AvgIpc) is 3.16. The molecule has 2 fully saturated rings. The molecule has 2 atom stereocenters. The first-order valence-electron chi connectivity index (χ1n) is 19.6. The Morgan fingerprint density at radius 1 is 0.868 bits per heavy atom. The van der Waals surface area contributed by atoms with E-state index in [1.54, 1.807) is 4.31 Å². The number of benzene rings is 2. The molecule has 6 rings (SSSR count). The predicted octanol–water partition coefficient (Wildman–Crippen LogP) is 8.03. The zero-order valence-electron chi connectivity index (χ0n) is 32.2. The van der Waals surface area contributed by atoms with Gasteiger partial charge in [0, 0.05) is 59.7 Å². The molecule has 2 aliphatic heterocycles. The van der Waals surface area contributed by atoms with Gasteiger partial charge in [-0.2, -0.15) is 0 Å². The van der Waals surface area contributed by atoms with Gasteiger partial charge in [-0.1, -0.05) is 57.8 Å². The van der Waals surface area contributed by atoms with Gasteiger partial charge in [-0.3, -0.25) is 4.90 Å². The highest BCUT2D eigenvalue weighted by Crippen LogP contribution is 2.30. The first-order chi connectivity index (χ1) is 25.5. The Kier molecular flexibility index (Phi) is 19.8. The number of hydrogen-bond acceptors (Lipinski definition) is 9. The van der Waals surface area contributed by atoms with Crippen molar-refractivity contribution in [1.82, 2.24) is 18.8 Å². The third-order valence-corrected chi connectivity index (χ3v) is 14.0. The van der Waals surface area contributed by atoms with Crippen LogP contribution in [-0.4, -0.2) is 99.5 Å². The van der Waals surface area contributed by atoms with Gasteiger partial charge in [0.25, 0.3) is 0 Å². The van der Waals surface area contributed by atoms with Crippen molar-refractivity contribution in [2.75, 3.05) is 59.2 Å². The third-order valence-electron chi connectivity index (χ3n) is 10.9. The van der Waals surface area contributed by atoms with E-state index in [1.165, 1.54) is 102 Å². The summed E-state index contributed by atoms with van der Waals surface area (Å²) in [6.45, 7) is 11.0. The molecule has 0 amide bonds. The molecule has 4 aliphatic rings. The zero-order valence-corrected chi connectivity index (χ0v) is 37.0. The van der Waals surface area contributed by atoms with Crippen LogP contribution in [0.15, 0.2) is 45.3 Å². The Hall–Kier alpha value is -0.870. The summed E-state index contributed by atoms with van der Waals surface area (Å²) >= 11 is 8.36. The summed E-state index contributed by atoms with van der Waals surface area (Å²) in [4.78, 5) is 17.5. The lowest BCUT2D eigenvalue weighted by molar-refractivity contribution is -0.163. The standard InChI is InChI=1S/C20H31BrN2O2S.C13H18BrN.C7H13NO3S/c1-3-10-22(15-16-8-11-23(12-9-16)26(2,24)25)20-7-5-17-4-6-19(21)13-18(17)14-20;1-2-7-15-13-6-4-10-3-5-12(14)8-11(10)9-13;1-10-11-12-8-4-2-7(6-9)3-5-8/h4,6,13,16,20H,3,5,7-12,14-15H2,1-2H3;3,5,8,13,15H,2,4,6-7,9H2,1H3;6-7H,2-5H2,1H3. The summed E-state index contributed by atoms with van der Waals surface area (Å²) in [5.74, 6) is 0.854. The van der Waals surface area contributed by atoms with Gasteiger partial charge in [-0.25, -0.2) is 21.9 Å². The third kappa shape index (κ3) is 15.2. The quantitative estimate of drug-likeness (QED) is 0.0706. The van der Waals surface area contributed by atoms with Crippen LogP contribution < -0.4 is 5.32 Å². The molecule has 2 aliphatic carbocycles. The van der Waals surface area contributed by atoms with Gasteiger partial charge in [0.1, 0.15) is 18.5 Å². The Morgan fingerprint density at radius 3 is 2.06 bits per heavy atom. The van der Waals surface area contributed by atoms with E-state index >= 15 is 0 Å². The summed E-state index contributed by atoms with van der Waals surface area (Å²) in [6.07, 6.45) is 15.8. The van der Waals surface area contributed by atoms with Crippen LogP contribution in [0.2, 0.25) is 0 Å². The second kappa shape index (κ2) is 23.4. The molecule has 1 N–H and O–H groups in total. The largest absolute Gasteiger partial charge is 0.314 e. The molecule has 2 unspecified atom stereocenters. The number of halogens is 2. The number of hydrogen-bond donors (Lipinski definition) is 1. The monoisotopic (exact) mass is 900 g/mol. The molecular weight excluding hydrogens is 840 g/mol. The van der Waals surface area contributed by atoms with Crippen molar-refractivity contribution < 1.29 is 22.4 Å². The normalized spacial score (nSPS) is 21.5. The number of aldehydes is 1. The van der Waals surface area contributed by atoms with Crippen molar-refractivity contribution >= 4 is 60.4 Å². The SMILES string of the molecule is CCCN(CC1CCN(S(C)(=O)=O)CC1)C1CCc2ccc(Br)cc2C1.CCCNC1CCc2ccc(Br)cc2C1.COOSN1CCC(C=O)CC1. The minimum absolute atomic E-state index is 0.240. The lowest BCUT2D eigenvalue weighted by atomic mass is 9.86. The van der Waals surface area contributed by atoms with Gasteiger partial charge in [-0.15, -0.1) is 4.33 Å². The number of rotatable bonds is 13. The molecule has 2 heterocycles. The fourth-order valence-corrected chi connectivity index (χ4v) is 10.1. The molecule has 0 spiro atoms. The number of fused-ring (bicyclic) bond motifs is 2. The van der Waals surface area contributed by atoms with Gasteiger partial charge < -0.3 is 10.1 Å². The van der Waals surface area contributed by atoms with Crippen molar-refractivity contribution in [3.8, 4) is 0 Å².